The van der Waals surface area contributed by atoms with Crippen LogP contribution in [0.15, 0.2) is 18.2 Å². The summed E-state index contributed by atoms with van der Waals surface area (Å²) in [5.74, 6) is -1.97. The van der Waals surface area contributed by atoms with Crippen LogP contribution in [0, 0.1) is 11.7 Å². The first-order valence-electron chi connectivity index (χ1n) is 5.21. The average molecular weight is 273 g/mol. The Bertz CT molecular complexity index is 503. The van der Waals surface area contributed by atoms with Crippen LogP contribution in [0.3, 0.4) is 0 Å². The molecule has 0 spiro atoms. The molecule has 0 radical (unpaired) electrons. The fraction of sp³-hybridized carbons (Fsp3) is 0.273. The number of carboxylic acids is 1. The minimum Gasteiger partial charge on any atom is -0.481 e. The number of urea groups is 1. The van der Waals surface area contributed by atoms with Crippen LogP contribution in [0.25, 0.3) is 0 Å². The summed E-state index contributed by atoms with van der Waals surface area (Å²) >= 11 is 5.79. The maximum atomic E-state index is 13.0. The van der Waals surface area contributed by atoms with Gasteiger partial charge in [0.2, 0.25) is 0 Å². The van der Waals surface area contributed by atoms with E-state index in [9.17, 15) is 14.0 Å². The first-order chi connectivity index (χ1) is 8.47. The summed E-state index contributed by atoms with van der Waals surface area (Å²) in [6, 6.07) is 3.14. The molecule has 0 unspecified atom stereocenters. The van der Waals surface area contributed by atoms with Crippen LogP contribution >= 0.6 is 11.6 Å². The Hall–Kier alpha value is -1.82. The van der Waals surface area contributed by atoms with E-state index in [1.807, 2.05) is 0 Å². The maximum absolute atomic E-state index is 13.0. The van der Waals surface area contributed by atoms with Crippen molar-refractivity contribution >= 4 is 29.3 Å². The molecule has 0 bridgehead atoms. The predicted octanol–water partition coefficient (Wildman–Crippen LogP) is 2.03. The molecule has 1 saturated heterocycles. The van der Waals surface area contributed by atoms with Crippen LogP contribution in [-0.2, 0) is 4.79 Å². The highest BCUT2D eigenvalue weighted by Crippen LogP contribution is 2.24. The zero-order chi connectivity index (χ0) is 13.3. The van der Waals surface area contributed by atoms with Gasteiger partial charge in [0, 0.05) is 13.1 Å². The molecule has 0 aromatic heterocycles. The molecule has 2 N–H and O–H groups in total. The number of benzene rings is 1. The van der Waals surface area contributed by atoms with Crippen LogP contribution in [0.5, 0.6) is 0 Å². The summed E-state index contributed by atoms with van der Waals surface area (Å²) in [5.41, 5.74) is 0.167. The zero-order valence-corrected chi connectivity index (χ0v) is 9.95. The smallest absolute Gasteiger partial charge is 0.321 e. The number of rotatable bonds is 2. The third-order valence-corrected chi connectivity index (χ3v) is 3.02. The van der Waals surface area contributed by atoms with E-state index in [0.717, 1.165) is 6.07 Å². The number of nitrogens with zero attached hydrogens (tertiary/aromatic N) is 1. The molecule has 1 aliphatic heterocycles. The highest BCUT2D eigenvalue weighted by molar-refractivity contribution is 6.33. The van der Waals surface area contributed by atoms with Crippen LogP contribution in [0.1, 0.15) is 0 Å². The molecule has 1 aliphatic rings. The van der Waals surface area contributed by atoms with Crippen LogP contribution in [0.2, 0.25) is 5.02 Å². The molecule has 1 fully saturated rings. The van der Waals surface area contributed by atoms with Crippen molar-refractivity contribution < 1.29 is 19.1 Å². The first kappa shape index (κ1) is 12.6. The number of hydrogen-bond acceptors (Lipinski definition) is 2. The summed E-state index contributed by atoms with van der Waals surface area (Å²) in [4.78, 5) is 23.6. The summed E-state index contributed by atoms with van der Waals surface area (Å²) in [5, 5.41) is 11.3. The van der Waals surface area contributed by atoms with E-state index in [4.69, 9.17) is 16.7 Å². The fourth-order valence-corrected chi connectivity index (χ4v) is 1.75. The molecule has 7 heteroatoms. The highest BCUT2D eigenvalue weighted by atomic mass is 35.5. The molecule has 5 nitrogen and oxygen atoms in total. The van der Waals surface area contributed by atoms with E-state index in [1.165, 1.54) is 17.0 Å². The largest absolute Gasteiger partial charge is 0.481 e. The highest BCUT2D eigenvalue weighted by Gasteiger charge is 2.35. The number of anilines is 1. The summed E-state index contributed by atoms with van der Waals surface area (Å²) < 4.78 is 13.0. The summed E-state index contributed by atoms with van der Waals surface area (Å²) in [7, 11) is 0. The van der Waals surface area contributed by atoms with Crippen molar-refractivity contribution in [3.05, 3.63) is 29.0 Å². The number of carbonyl (C=O) groups is 2. The molecule has 2 rings (SSSR count). The molecular weight excluding hydrogens is 263 g/mol. The number of amides is 2. The van der Waals surface area contributed by atoms with Crippen molar-refractivity contribution in [2.75, 3.05) is 18.4 Å². The molecule has 2 amide bonds. The number of carbonyl (C=O) groups excluding carboxylic acids is 1. The third kappa shape index (κ3) is 2.53. The van der Waals surface area contributed by atoms with Crippen LogP contribution in [-0.4, -0.2) is 35.1 Å². The van der Waals surface area contributed by atoms with Gasteiger partial charge in [-0.25, -0.2) is 9.18 Å². The molecule has 1 aromatic rings. The van der Waals surface area contributed by atoms with E-state index < -0.39 is 23.7 Å². The Morgan fingerprint density at radius 2 is 2.11 bits per heavy atom. The van der Waals surface area contributed by atoms with Gasteiger partial charge in [0.1, 0.15) is 5.82 Å². The average Bonchev–Trinajstić information content (AvgIpc) is 2.20. The SMILES string of the molecule is O=C(O)C1CN(C(=O)Nc2cc(F)ccc2Cl)C1. The van der Waals surface area contributed by atoms with Crippen LogP contribution < -0.4 is 5.32 Å². The second kappa shape index (κ2) is 4.81. The van der Waals surface area contributed by atoms with E-state index in [0.29, 0.717) is 0 Å². The summed E-state index contributed by atoms with van der Waals surface area (Å²) in [6.45, 7) is 0.294. The van der Waals surface area contributed by atoms with Crippen molar-refractivity contribution in [1.29, 1.82) is 0 Å². The van der Waals surface area contributed by atoms with E-state index in [-0.39, 0.29) is 23.8 Å². The lowest BCUT2D eigenvalue weighted by atomic mass is 10.0. The lowest BCUT2D eigenvalue weighted by Crippen LogP contribution is -2.54. The number of nitrogens with one attached hydrogen (secondary N) is 1. The van der Waals surface area contributed by atoms with Gasteiger partial charge in [0.25, 0.3) is 0 Å². The van der Waals surface area contributed by atoms with Gasteiger partial charge in [-0.05, 0) is 18.2 Å². The lowest BCUT2D eigenvalue weighted by Gasteiger charge is -2.36. The van der Waals surface area contributed by atoms with Gasteiger partial charge in [-0.15, -0.1) is 0 Å². The summed E-state index contributed by atoms with van der Waals surface area (Å²) in [6.07, 6.45) is 0. The van der Waals surface area contributed by atoms with E-state index in [1.54, 1.807) is 0 Å². The second-order valence-electron chi connectivity index (χ2n) is 3.99. The predicted molar refractivity (Wildman–Crippen MR) is 63.1 cm³/mol. The fourth-order valence-electron chi connectivity index (χ4n) is 1.59. The van der Waals surface area contributed by atoms with Crippen LogP contribution in [0.4, 0.5) is 14.9 Å². The van der Waals surface area contributed by atoms with Gasteiger partial charge >= 0.3 is 12.0 Å². The quantitative estimate of drug-likeness (QED) is 0.865. The van der Waals surface area contributed by atoms with Gasteiger partial charge in [-0.1, -0.05) is 11.6 Å². The molecule has 0 saturated carbocycles. The Morgan fingerprint density at radius 1 is 1.44 bits per heavy atom. The Balaban J connectivity index is 1.96. The first-order valence-corrected chi connectivity index (χ1v) is 5.59. The monoisotopic (exact) mass is 272 g/mol. The second-order valence-corrected chi connectivity index (χ2v) is 4.40. The molecule has 0 aliphatic carbocycles. The molecule has 18 heavy (non-hydrogen) atoms. The third-order valence-electron chi connectivity index (χ3n) is 2.69. The Labute approximate surface area is 107 Å². The van der Waals surface area contributed by atoms with E-state index in [2.05, 4.69) is 5.32 Å². The van der Waals surface area contributed by atoms with E-state index >= 15 is 0 Å². The molecular formula is C11H10ClFN2O3. The Kier molecular flexibility index (Phi) is 3.38. The number of hydrogen-bond donors (Lipinski definition) is 2. The van der Waals surface area contributed by atoms with Crippen molar-refractivity contribution in [1.82, 2.24) is 4.90 Å². The molecule has 96 valence electrons. The zero-order valence-electron chi connectivity index (χ0n) is 9.19. The number of aliphatic carboxylic acids is 1. The standard InChI is InChI=1S/C11H10ClFN2O3/c12-8-2-1-7(13)3-9(8)14-11(18)15-4-6(5-15)10(16)17/h1-3,6H,4-5H2,(H,14,18)(H,16,17). The van der Waals surface area contributed by atoms with Gasteiger partial charge < -0.3 is 15.3 Å². The number of likely N-dealkylation sites (tertiary alicyclic amines) is 1. The normalized spacial score (nSPS) is 15.1. The topological polar surface area (TPSA) is 69.6 Å². The van der Waals surface area contributed by atoms with Crippen molar-refractivity contribution in [2.45, 2.75) is 0 Å². The minimum atomic E-state index is -0.928. The lowest BCUT2D eigenvalue weighted by molar-refractivity contribution is -0.145. The number of carboxylic acid groups (broad SMARTS) is 1. The van der Waals surface area contributed by atoms with Gasteiger partial charge in [-0.2, -0.15) is 0 Å². The maximum Gasteiger partial charge on any atom is 0.321 e. The minimum absolute atomic E-state index is 0.147. The Morgan fingerprint density at radius 3 is 2.72 bits per heavy atom. The molecule has 1 heterocycles. The molecule has 0 atom stereocenters. The van der Waals surface area contributed by atoms with Crippen molar-refractivity contribution in [3.8, 4) is 0 Å². The van der Waals surface area contributed by atoms with Gasteiger partial charge in [0.05, 0.1) is 16.6 Å². The number of halogens is 2. The van der Waals surface area contributed by atoms with Crippen molar-refractivity contribution in [3.63, 3.8) is 0 Å². The van der Waals surface area contributed by atoms with Crippen molar-refractivity contribution in [2.24, 2.45) is 5.92 Å². The van der Waals surface area contributed by atoms with Gasteiger partial charge in [0.15, 0.2) is 0 Å². The molecule has 1 aromatic carbocycles. The van der Waals surface area contributed by atoms with Gasteiger partial charge in [-0.3, -0.25) is 4.79 Å².